The third kappa shape index (κ3) is 6.34. The molecular weight excluding hydrogens is 522 g/mol. The van der Waals surface area contributed by atoms with Crippen LogP contribution in [-0.4, -0.2) is 39.0 Å². The molecule has 0 aliphatic heterocycles. The highest BCUT2D eigenvalue weighted by Gasteiger charge is 2.22. The molecule has 0 fully saturated rings. The number of ether oxygens (including phenoxy) is 2. The number of nitro groups is 1. The van der Waals surface area contributed by atoms with Crippen LogP contribution >= 0.6 is 0 Å². The van der Waals surface area contributed by atoms with Gasteiger partial charge in [-0.15, -0.1) is 0 Å². The summed E-state index contributed by atoms with van der Waals surface area (Å²) in [6.07, 6.45) is 0.471. The minimum Gasteiger partial charge on any atom is -0.478 e. The van der Waals surface area contributed by atoms with Gasteiger partial charge in [-0.05, 0) is 60.0 Å². The molecule has 4 aromatic carbocycles. The molecule has 0 heterocycles. The third-order valence-corrected chi connectivity index (χ3v) is 5.72. The van der Waals surface area contributed by atoms with Gasteiger partial charge in [0.25, 0.3) is 5.69 Å². The summed E-state index contributed by atoms with van der Waals surface area (Å²) in [5.41, 5.74) is 0.151. The number of carboxylic acids is 2. The van der Waals surface area contributed by atoms with Crippen molar-refractivity contribution in [2.75, 3.05) is 0 Å². The quantitative estimate of drug-likeness (QED) is 0.127. The maximum Gasteiger partial charge on any atom is 0.344 e. The number of nitro benzene ring substituents is 1. The Morgan fingerprint density at radius 3 is 1.55 bits per heavy atom. The first-order valence-electron chi connectivity index (χ1n) is 11.6. The van der Waals surface area contributed by atoms with Crippen LogP contribution < -0.4 is 9.47 Å². The van der Waals surface area contributed by atoms with Crippen molar-refractivity contribution in [3.63, 3.8) is 0 Å². The zero-order valence-electron chi connectivity index (χ0n) is 20.5. The topological polar surface area (TPSA) is 170 Å². The molecule has 4 rings (SSSR count). The van der Waals surface area contributed by atoms with Crippen molar-refractivity contribution in [2.24, 2.45) is 0 Å². The van der Waals surface area contributed by atoms with Gasteiger partial charge in [-0.3, -0.25) is 10.1 Å². The molecule has 0 unspecified atom stereocenters. The molecule has 0 bridgehead atoms. The summed E-state index contributed by atoms with van der Waals surface area (Å²) in [6.45, 7) is 0. The standard InChI is InChI=1S/C29H19NO10/c31-26(32)22-3-1-2-4-24(22)28(35)39-20-10-5-17(6-11-20)15-18-7-12-21(13-8-18)40-29(36)25-16-19(30(37)38)9-14-23(25)27(33)34/h1-14,16H,15H2,(H,31,32)(H,33,34). The average molecular weight is 541 g/mol. The highest BCUT2D eigenvalue weighted by atomic mass is 16.6. The molecule has 0 amide bonds. The molecule has 11 heteroatoms. The Labute approximate surface area is 226 Å². The lowest BCUT2D eigenvalue weighted by molar-refractivity contribution is -0.384. The van der Waals surface area contributed by atoms with Gasteiger partial charge in [0.2, 0.25) is 0 Å². The maximum atomic E-state index is 12.6. The van der Waals surface area contributed by atoms with Crippen LogP contribution in [0.15, 0.2) is 91.0 Å². The second-order valence-electron chi connectivity index (χ2n) is 8.39. The lowest BCUT2D eigenvalue weighted by atomic mass is 10.0. The highest BCUT2D eigenvalue weighted by molar-refractivity contribution is 6.04. The van der Waals surface area contributed by atoms with Crippen molar-refractivity contribution in [1.29, 1.82) is 0 Å². The third-order valence-electron chi connectivity index (χ3n) is 5.72. The maximum absolute atomic E-state index is 12.6. The molecule has 11 nitrogen and oxygen atoms in total. The summed E-state index contributed by atoms with van der Waals surface area (Å²) in [5, 5.41) is 29.6. The van der Waals surface area contributed by atoms with E-state index in [-0.39, 0.29) is 22.6 Å². The van der Waals surface area contributed by atoms with Crippen molar-refractivity contribution in [3.05, 3.63) is 134 Å². The average Bonchev–Trinajstić information content (AvgIpc) is 2.94. The van der Waals surface area contributed by atoms with Crippen LogP contribution in [-0.2, 0) is 6.42 Å². The normalized spacial score (nSPS) is 10.4. The minimum atomic E-state index is -1.43. The number of carbonyl (C=O) groups excluding carboxylic acids is 2. The molecule has 0 spiro atoms. The Kier molecular flexibility index (Phi) is 7.95. The van der Waals surface area contributed by atoms with Gasteiger partial charge in [-0.2, -0.15) is 0 Å². The van der Waals surface area contributed by atoms with Crippen LogP contribution in [0, 0.1) is 10.1 Å². The second-order valence-corrected chi connectivity index (χ2v) is 8.39. The lowest BCUT2D eigenvalue weighted by Crippen LogP contribution is -2.14. The molecule has 0 saturated carbocycles. The van der Waals surface area contributed by atoms with E-state index >= 15 is 0 Å². The molecule has 2 N–H and O–H groups in total. The number of esters is 2. The van der Waals surface area contributed by atoms with E-state index in [1.165, 1.54) is 30.3 Å². The van der Waals surface area contributed by atoms with Crippen LogP contribution in [0.2, 0.25) is 0 Å². The van der Waals surface area contributed by atoms with Crippen LogP contribution in [0.5, 0.6) is 11.5 Å². The molecule has 0 aromatic heterocycles. The second kappa shape index (κ2) is 11.7. The van der Waals surface area contributed by atoms with E-state index in [2.05, 4.69) is 0 Å². The Balaban J connectivity index is 1.40. The van der Waals surface area contributed by atoms with Crippen LogP contribution in [0.3, 0.4) is 0 Å². The fourth-order valence-corrected chi connectivity index (χ4v) is 3.76. The summed E-state index contributed by atoms with van der Waals surface area (Å²) in [5.74, 6) is -4.17. The lowest BCUT2D eigenvalue weighted by Gasteiger charge is -2.09. The van der Waals surface area contributed by atoms with Gasteiger partial charge < -0.3 is 19.7 Å². The van der Waals surface area contributed by atoms with Crippen molar-refractivity contribution in [1.82, 2.24) is 0 Å². The summed E-state index contributed by atoms with van der Waals surface area (Å²) in [6, 6.07) is 21.5. The van der Waals surface area contributed by atoms with Gasteiger partial charge in [0.05, 0.1) is 27.2 Å². The number of carbonyl (C=O) groups is 4. The van der Waals surface area contributed by atoms with E-state index in [1.54, 1.807) is 42.5 Å². The SMILES string of the molecule is O=C(O)c1ccccc1C(=O)Oc1ccc(Cc2ccc(OC(=O)c3cc([N+](=O)[O-])ccc3C(=O)O)cc2)cc1. The monoisotopic (exact) mass is 541 g/mol. The van der Waals surface area contributed by atoms with Gasteiger partial charge in [0.1, 0.15) is 11.5 Å². The minimum absolute atomic E-state index is 0.0652. The van der Waals surface area contributed by atoms with Crippen LogP contribution in [0.25, 0.3) is 0 Å². The van der Waals surface area contributed by atoms with E-state index in [1.807, 2.05) is 0 Å². The number of carboxylic acid groups (broad SMARTS) is 2. The first-order chi connectivity index (χ1) is 19.1. The van der Waals surface area contributed by atoms with Gasteiger partial charge in [0, 0.05) is 12.1 Å². The summed E-state index contributed by atoms with van der Waals surface area (Å²) >= 11 is 0. The Morgan fingerprint density at radius 1 is 0.625 bits per heavy atom. The number of non-ortho nitro benzene ring substituents is 1. The van der Waals surface area contributed by atoms with Crippen LogP contribution in [0.4, 0.5) is 5.69 Å². The van der Waals surface area contributed by atoms with E-state index < -0.39 is 45.6 Å². The number of rotatable bonds is 9. The molecule has 0 aliphatic carbocycles. The fourth-order valence-electron chi connectivity index (χ4n) is 3.76. The van der Waals surface area contributed by atoms with E-state index in [0.717, 1.165) is 29.3 Å². The molecule has 0 aliphatic rings. The molecular formula is C29H19NO10. The van der Waals surface area contributed by atoms with Gasteiger partial charge in [0.15, 0.2) is 0 Å². The zero-order valence-corrected chi connectivity index (χ0v) is 20.5. The van der Waals surface area contributed by atoms with Gasteiger partial charge >= 0.3 is 23.9 Å². The van der Waals surface area contributed by atoms with Crippen molar-refractivity contribution in [2.45, 2.75) is 6.42 Å². The number of hydrogen-bond donors (Lipinski definition) is 2. The molecule has 40 heavy (non-hydrogen) atoms. The summed E-state index contributed by atoms with van der Waals surface area (Å²) in [4.78, 5) is 58.0. The Hall–Kier alpha value is -5.84. The van der Waals surface area contributed by atoms with Gasteiger partial charge in [-0.1, -0.05) is 36.4 Å². The number of benzene rings is 4. The predicted molar refractivity (Wildman–Crippen MR) is 139 cm³/mol. The molecule has 4 aromatic rings. The van der Waals surface area contributed by atoms with Gasteiger partial charge in [-0.25, -0.2) is 19.2 Å². The predicted octanol–water partition coefficient (Wildman–Crippen LogP) is 5.02. The van der Waals surface area contributed by atoms with Crippen molar-refractivity contribution in [3.8, 4) is 11.5 Å². The fraction of sp³-hybridized carbons (Fsp3) is 0.0345. The molecule has 0 atom stereocenters. The smallest absolute Gasteiger partial charge is 0.344 e. The highest BCUT2D eigenvalue weighted by Crippen LogP contribution is 2.23. The van der Waals surface area contributed by atoms with E-state index in [0.29, 0.717) is 6.42 Å². The number of nitrogens with zero attached hydrogens (tertiary/aromatic N) is 1. The van der Waals surface area contributed by atoms with E-state index in [4.69, 9.17) is 9.47 Å². The zero-order chi connectivity index (χ0) is 28.8. The summed E-state index contributed by atoms with van der Waals surface area (Å²) in [7, 11) is 0. The number of hydrogen-bond acceptors (Lipinski definition) is 8. The Bertz CT molecular complexity index is 1630. The van der Waals surface area contributed by atoms with E-state index in [9.17, 15) is 39.5 Å². The molecule has 0 saturated heterocycles. The summed E-state index contributed by atoms with van der Waals surface area (Å²) < 4.78 is 10.5. The van der Waals surface area contributed by atoms with Crippen LogP contribution in [0.1, 0.15) is 52.6 Å². The Morgan fingerprint density at radius 2 is 1.07 bits per heavy atom. The van der Waals surface area contributed by atoms with Crippen molar-refractivity contribution >= 4 is 29.6 Å². The molecule has 200 valence electrons. The molecule has 0 radical (unpaired) electrons. The first kappa shape index (κ1) is 27.2. The number of aromatic carboxylic acids is 2. The largest absolute Gasteiger partial charge is 0.478 e. The first-order valence-corrected chi connectivity index (χ1v) is 11.6. The van der Waals surface area contributed by atoms with Crippen molar-refractivity contribution < 1.29 is 43.8 Å².